The number of aliphatic imine (C=N–C) groups is 1. The maximum absolute atomic E-state index is 13.1. The van der Waals surface area contributed by atoms with E-state index in [1.54, 1.807) is 23.5 Å². The van der Waals surface area contributed by atoms with Gasteiger partial charge in [0, 0.05) is 33.7 Å². The lowest BCUT2D eigenvalue weighted by Gasteiger charge is -2.31. The number of hydrogen-bond acceptors (Lipinski definition) is 7. The first-order chi connectivity index (χ1) is 13.7. The number of sulfonamides is 1. The number of nitrogens with one attached hydrogen (secondary N) is 1. The number of aromatic nitrogens is 1. The van der Waals surface area contributed by atoms with Gasteiger partial charge in [0.2, 0.25) is 16.0 Å². The van der Waals surface area contributed by atoms with Gasteiger partial charge in [-0.2, -0.15) is 0 Å². The molecule has 3 heterocycles. The number of halogens is 1. The third kappa shape index (κ3) is 3.20. The Balaban J connectivity index is 1.69. The molecule has 1 saturated carbocycles. The van der Waals surface area contributed by atoms with E-state index in [9.17, 15) is 8.42 Å². The molecule has 3 aliphatic rings. The fourth-order valence-electron chi connectivity index (χ4n) is 3.79. The Hall–Kier alpha value is -1.49. The summed E-state index contributed by atoms with van der Waals surface area (Å²) in [7, 11) is -3.63. The van der Waals surface area contributed by atoms with Gasteiger partial charge in [-0.3, -0.25) is 9.89 Å². The number of aryl methyl sites for hydroxylation is 1. The number of fused-ring (bicyclic) bond motifs is 3. The highest BCUT2D eigenvalue weighted by atomic mass is 79.9. The summed E-state index contributed by atoms with van der Waals surface area (Å²) < 4.78 is 29.7. The molecule has 2 aliphatic heterocycles. The van der Waals surface area contributed by atoms with Crippen molar-refractivity contribution in [2.45, 2.75) is 56.5 Å². The van der Waals surface area contributed by atoms with Crippen molar-refractivity contribution in [3.63, 3.8) is 0 Å². The van der Waals surface area contributed by atoms with E-state index >= 15 is 0 Å². The third-order valence-corrected chi connectivity index (χ3v) is 8.77. The first kappa shape index (κ1) is 19.5. The molecule has 0 radical (unpaired) electrons. The molecule has 0 saturated heterocycles. The van der Waals surface area contributed by atoms with E-state index in [1.807, 2.05) is 24.9 Å². The second-order valence-corrected chi connectivity index (χ2v) is 12.0. The number of anilines is 3. The summed E-state index contributed by atoms with van der Waals surface area (Å²) in [5.41, 5.74) is 1.41. The van der Waals surface area contributed by atoms with Gasteiger partial charge in [0.05, 0.1) is 16.3 Å². The standard InChI is InChI=1S/C19H22BrN5O2S2/c1-11-4-7-21-17-24(11)16-14(20)8-13(29(26,27)23-19(3)5-6-19)9-15(16)25(17)18-22-10-12(2)28-18/h8-11,23H,4-7H2,1-3H3/t11-/m1/s1. The second-order valence-electron chi connectivity index (χ2n) is 8.22. The minimum Gasteiger partial charge on any atom is -0.306 e. The number of hydrogen-bond donors (Lipinski definition) is 1. The summed E-state index contributed by atoms with van der Waals surface area (Å²) in [6.07, 6.45) is 4.51. The molecule has 7 nitrogen and oxygen atoms in total. The van der Waals surface area contributed by atoms with Crippen molar-refractivity contribution in [3.05, 3.63) is 27.7 Å². The first-order valence-electron chi connectivity index (χ1n) is 9.62. The minimum absolute atomic E-state index is 0.252. The molecule has 1 aromatic heterocycles. The van der Waals surface area contributed by atoms with Gasteiger partial charge in [0.15, 0.2) is 5.13 Å². The Morgan fingerprint density at radius 1 is 1.34 bits per heavy atom. The minimum atomic E-state index is -3.63. The topological polar surface area (TPSA) is 77.9 Å². The van der Waals surface area contributed by atoms with Crippen molar-refractivity contribution in [2.24, 2.45) is 4.99 Å². The van der Waals surface area contributed by atoms with Crippen LogP contribution in [0.2, 0.25) is 0 Å². The molecule has 1 fully saturated rings. The van der Waals surface area contributed by atoms with Crippen LogP contribution in [-0.2, 0) is 10.0 Å². The quantitative estimate of drug-likeness (QED) is 0.688. The Kier molecular flexibility index (Phi) is 4.37. The van der Waals surface area contributed by atoms with Crippen LogP contribution in [0.4, 0.5) is 16.5 Å². The van der Waals surface area contributed by atoms with Crippen LogP contribution in [0.15, 0.2) is 32.7 Å². The zero-order chi connectivity index (χ0) is 20.6. The van der Waals surface area contributed by atoms with Crippen LogP contribution in [0.1, 0.15) is 38.0 Å². The van der Waals surface area contributed by atoms with Crippen molar-refractivity contribution in [3.8, 4) is 0 Å². The van der Waals surface area contributed by atoms with Crippen molar-refractivity contribution < 1.29 is 8.42 Å². The first-order valence-corrected chi connectivity index (χ1v) is 12.7. The van der Waals surface area contributed by atoms with Crippen molar-refractivity contribution >= 4 is 59.8 Å². The molecule has 0 unspecified atom stereocenters. The Morgan fingerprint density at radius 3 is 2.76 bits per heavy atom. The van der Waals surface area contributed by atoms with E-state index in [-0.39, 0.29) is 16.5 Å². The average Bonchev–Trinajstić information content (AvgIpc) is 3.06. The molecule has 1 N–H and O–H groups in total. The molecule has 1 aliphatic carbocycles. The predicted molar refractivity (Wildman–Crippen MR) is 120 cm³/mol. The van der Waals surface area contributed by atoms with Gasteiger partial charge in [-0.15, -0.1) is 11.3 Å². The Bertz CT molecular complexity index is 1140. The van der Waals surface area contributed by atoms with E-state index in [0.29, 0.717) is 0 Å². The molecule has 0 amide bonds. The van der Waals surface area contributed by atoms with Crippen LogP contribution in [0, 0.1) is 6.92 Å². The van der Waals surface area contributed by atoms with Gasteiger partial charge in [0.1, 0.15) is 0 Å². The fraction of sp³-hybridized carbons (Fsp3) is 0.474. The average molecular weight is 496 g/mol. The van der Waals surface area contributed by atoms with Gasteiger partial charge in [-0.25, -0.2) is 18.1 Å². The molecule has 0 spiro atoms. The van der Waals surface area contributed by atoms with Crippen molar-refractivity contribution in [2.75, 3.05) is 16.3 Å². The van der Waals surface area contributed by atoms with Crippen molar-refractivity contribution in [1.82, 2.24) is 9.71 Å². The number of nitrogens with zero attached hydrogens (tertiary/aromatic N) is 4. The number of benzene rings is 1. The van der Waals surface area contributed by atoms with Crippen molar-refractivity contribution in [1.29, 1.82) is 0 Å². The van der Waals surface area contributed by atoms with E-state index in [2.05, 4.69) is 37.5 Å². The maximum atomic E-state index is 13.1. The highest BCUT2D eigenvalue weighted by Gasteiger charge is 2.44. The molecule has 0 bridgehead atoms. The summed E-state index contributed by atoms with van der Waals surface area (Å²) in [6.45, 7) is 6.86. The molecule has 154 valence electrons. The molecular formula is C19H22BrN5O2S2. The zero-order valence-corrected chi connectivity index (χ0v) is 19.7. The second kappa shape index (κ2) is 6.50. The molecule has 29 heavy (non-hydrogen) atoms. The summed E-state index contributed by atoms with van der Waals surface area (Å²) in [6, 6.07) is 3.70. The highest BCUT2D eigenvalue weighted by Crippen LogP contribution is 2.50. The summed E-state index contributed by atoms with van der Waals surface area (Å²) in [4.78, 5) is 14.9. The molecule has 5 rings (SSSR count). The lowest BCUT2D eigenvalue weighted by atomic mass is 10.1. The Labute approximate surface area is 183 Å². The normalized spacial score (nSPS) is 22.3. The third-order valence-electron chi connectivity index (χ3n) is 5.65. The van der Waals surface area contributed by atoms with Gasteiger partial charge in [-0.1, -0.05) is 0 Å². The largest absolute Gasteiger partial charge is 0.306 e. The van der Waals surface area contributed by atoms with Gasteiger partial charge in [0.25, 0.3) is 0 Å². The molecule has 1 atom stereocenters. The van der Waals surface area contributed by atoms with E-state index in [4.69, 9.17) is 4.99 Å². The molecular weight excluding hydrogens is 474 g/mol. The van der Waals surface area contributed by atoms with Crippen LogP contribution in [-0.4, -0.2) is 37.5 Å². The predicted octanol–water partition coefficient (Wildman–Crippen LogP) is 4.15. The van der Waals surface area contributed by atoms with E-state index in [1.165, 1.54) is 0 Å². The summed E-state index contributed by atoms with van der Waals surface area (Å²) in [5.74, 6) is 0.811. The number of thiazole rings is 1. The molecule has 2 aromatic rings. The monoisotopic (exact) mass is 495 g/mol. The lowest BCUT2D eigenvalue weighted by molar-refractivity contribution is 0.558. The maximum Gasteiger partial charge on any atom is 0.241 e. The molecule has 1 aromatic carbocycles. The van der Waals surface area contributed by atoms with Gasteiger partial charge < -0.3 is 4.90 Å². The number of guanidine groups is 1. The highest BCUT2D eigenvalue weighted by molar-refractivity contribution is 9.10. The van der Waals surface area contributed by atoms with E-state index < -0.39 is 10.0 Å². The van der Waals surface area contributed by atoms with Crippen LogP contribution in [0.3, 0.4) is 0 Å². The lowest BCUT2D eigenvalue weighted by Crippen LogP contribution is -2.45. The Morgan fingerprint density at radius 2 is 2.10 bits per heavy atom. The summed E-state index contributed by atoms with van der Waals surface area (Å²) in [5, 5.41) is 0.794. The van der Waals surface area contributed by atoms with Crippen LogP contribution in [0.25, 0.3) is 0 Å². The van der Waals surface area contributed by atoms with E-state index in [0.717, 1.165) is 57.6 Å². The van der Waals surface area contributed by atoms with Crippen LogP contribution in [0.5, 0.6) is 0 Å². The smallest absolute Gasteiger partial charge is 0.241 e. The number of rotatable bonds is 4. The molecule has 10 heteroatoms. The zero-order valence-electron chi connectivity index (χ0n) is 16.4. The van der Waals surface area contributed by atoms with Gasteiger partial charge >= 0.3 is 0 Å². The van der Waals surface area contributed by atoms with Crippen LogP contribution < -0.4 is 14.5 Å². The van der Waals surface area contributed by atoms with Crippen LogP contribution >= 0.6 is 27.3 Å². The summed E-state index contributed by atoms with van der Waals surface area (Å²) >= 11 is 5.22. The SMILES string of the molecule is Cc1cnc(N2C3=NCC[C@@H](C)N3c3c(Br)cc(S(=O)(=O)NC4(C)CC4)cc32)s1. The van der Waals surface area contributed by atoms with Gasteiger partial charge in [-0.05, 0) is 68.1 Å². The fourth-order valence-corrected chi connectivity index (χ4v) is 6.87.